The number of carbonyl (C=O) groups is 1. The lowest BCUT2D eigenvalue weighted by molar-refractivity contribution is -0.112. The molecule has 1 N–H and O–H groups in total. The van der Waals surface area contributed by atoms with Gasteiger partial charge in [0.05, 0.1) is 12.3 Å². The molecule has 0 spiro atoms. The van der Waals surface area contributed by atoms with Crippen molar-refractivity contribution in [2.45, 2.75) is 19.8 Å². The highest BCUT2D eigenvalue weighted by molar-refractivity contribution is 6.09. The van der Waals surface area contributed by atoms with Crippen molar-refractivity contribution in [2.24, 2.45) is 0 Å². The maximum Gasteiger partial charge on any atom is 0.266 e. The molecule has 0 aromatic heterocycles. The zero-order valence-corrected chi connectivity index (χ0v) is 14.0. The minimum Gasteiger partial charge on any atom is -0.494 e. The van der Waals surface area contributed by atoms with E-state index in [9.17, 15) is 14.4 Å². The van der Waals surface area contributed by atoms with Crippen LogP contribution in [0.5, 0.6) is 5.75 Å². The first kappa shape index (κ1) is 18.2. The molecule has 0 aliphatic carbocycles. The highest BCUT2D eigenvalue weighted by atomic mass is 19.1. The molecule has 0 saturated heterocycles. The minimum atomic E-state index is -0.657. The zero-order valence-electron chi connectivity index (χ0n) is 14.0. The summed E-state index contributed by atoms with van der Waals surface area (Å²) in [6.45, 7) is 2.74. The van der Waals surface area contributed by atoms with Gasteiger partial charge in [0.15, 0.2) is 0 Å². The zero-order chi connectivity index (χ0) is 18.1. The summed E-state index contributed by atoms with van der Waals surface area (Å²) >= 11 is 0. The van der Waals surface area contributed by atoms with Crippen molar-refractivity contribution in [3.63, 3.8) is 0 Å². The molecule has 0 aliphatic rings. The molecule has 128 valence electrons. The van der Waals surface area contributed by atoms with E-state index in [1.54, 1.807) is 30.3 Å². The highest BCUT2D eigenvalue weighted by Crippen LogP contribution is 2.17. The third-order valence-electron chi connectivity index (χ3n) is 3.44. The molecule has 2 aromatic carbocycles. The van der Waals surface area contributed by atoms with Gasteiger partial charge in [0.1, 0.15) is 23.2 Å². The van der Waals surface area contributed by atoms with E-state index in [0.717, 1.165) is 18.6 Å². The molecule has 1 amide bonds. The number of ether oxygens (including phenoxy) is 1. The molecular formula is C20H19FN2O2. The number of carbonyl (C=O) groups excluding carboxylic acids is 1. The normalized spacial score (nSPS) is 10.8. The standard InChI is InChI=1S/C20H19FN2O2/c1-2-3-12-25-17-10-8-15(9-11-17)13-16(14-22)20(24)23-19-7-5-4-6-18(19)21/h4-11,13H,2-3,12H2,1H3,(H,23,24). The lowest BCUT2D eigenvalue weighted by Gasteiger charge is -2.06. The van der Waals surface area contributed by atoms with Crippen LogP contribution in [-0.4, -0.2) is 12.5 Å². The largest absolute Gasteiger partial charge is 0.494 e. The third-order valence-corrected chi connectivity index (χ3v) is 3.44. The molecule has 0 radical (unpaired) electrons. The van der Waals surface area contributed by atoms with Gasteiger partial charge in [0.25, 0.3) is 5.91 Å². The van der Waals surface area contributed by atoms with Crippen molar-refractivity contribution in [1.29, 1.82) is 5.26 Å². The predicted molar refractivity (Wildman–Crippen MR) is 95.5 cm³/mol. The number of hydrogen-bond acceptors (Lipinski definition) is 3. The molecule has 2 rings (SSSR count). The lowest BCUT2D eigenvalue weighted by Crippen LogP contribution is -2.14. The van der Waals surface area contributed by atoms with E-state index in [1.165, 1.54) is 24.3 Å². The molecule has 4 nitrogen and oxygen atoms in total. The Morgan fingerprint density at radius 3 is 2.60 bits per heavy atom. The van der Waals surface area contributed by atoms with Crippen LogP contribution >= 0.6 is 0 Å². The number of anilines is 1. The van der Waals surface area contributed by atoms with E-state index in [0.29, 0.717) is 12.2 Å². The van der Waals surface area contributed by atoms with Crippen molar-refractivity contribution in [3.8, 4) is 11.8 Å². The monoisotopic (exact) mass is 338 g/mol. The third kappa shape index (κ3) is 5.47. The number of nitrogens with zero attached hydrogens (tertiary/aromatic N) is 1. The number of benzene rings is 2. The molecule has 0 fully saturated rings. The average Bonchev–Trinajstić information content (AvgIpc) is 2.63. The number of nitrogens with one attached hydrogen (secondary N) is 1. The van der Waals surface area contributed by atoms with Crippen molar-refractivity contribution >= 4 is 17.7 Å². The van der Waals surface area contributed by atoms with Crippen LogP contribution in [0.15, 0.2) is 54.1 Å². The molecule has 0 unspecified atom stereocenters. The van der Waals surface area contributed by atoms with Crippen LogP contribution in [0.4, 0.5) is 10.1 Å². The molecule has 5 heteroatoms. The van der Waals surface area contributed by atoms with E-state index in [4.69, 9.17) is 4.74 Å². The van der Waals surface area contributed by atoms with Gasteiger partial charge in [0.2, 0.25) is 0 Å². The van der Waals surface area contributed by atoms with Crippen LogP contribution in [0.2, 0.25) is 0 Å². The molecule has 0 saturated carbocycles. The van der Waals surface area contributed by atoms with Crippen LogP contribution in [0.1, 0.15) is 25.3 Å². The van der Waals surface area contributed by atoms with Gasteiger partial charge < -0.3 is 10.1 Å². The van der Waals surface area contributed by atoms with Gasteiger partial charge in [-0.2, -0.15) is 5.26 Å². The summed E-state index contributed by atoms with van der Waals surface area (Å²) in [5.41, 5.74) is 0.610. The van der Waals surface area contributed by atoms with Crippen molar-refractivity contribution < 1.29 is 13.9 Å². The number of unbranched alkanes of at least 4 members (excludes halogenated alkanes) is 1. The fraction of sp³-hybridized carbons (Fsp3) is 0.200. The summed E-state index contributed by atoms with van der Waals surface area (Å²) in [6, 6.07) is 14.7. The second-order valence-corrected chi connectivity index (χ2v) is 5.37. The topological polar surface area (TPSA) is 62.1 Å². The van der Waals surface area contributed by atoms with Crippen LogP contribution in [-0.2, 0) is 4.79 Å². The van der Waals surface area contributed by atoms with Gasteiger partial charge in [-0.3, -0.25) is 4.79 Å². The molecule has 0 atom stereocenters. The van der Waals surface area contributed by atoms with Crippen LogP contribution in [0.25, 0.3) is 6.08 Å². The maximum atomic E-state index is 13.6. The van der Waals surface area contributed by atoms with E-state index in [-0.39, 0.29) is 11.3 Å². The van der Waals surface area contributed by atoms with Crippen LogP contribution in [0, 0.1) is 17.1 Å². The van der Waals surface area contributed by atoms with Crippen molar-refractivity contribution in [1.82, 2.24) is 0 Å². The van der Waals surface area contributed by atoms with E-state index >= 15 is 0 Å². The SMILES string of the molecule is CCCCOc1ccc(C=C(C#N)C(=O)Nc2ccccc2F)cc1. The molecule has 2 aromatic rings. The van der Waals surface area contributed by atoms with Crippen molar-refractivity contribution in [2.75, 3.05) is 11.9 Å². The summed E-state index contributed by atoms with van der Waals surface area (Å²) in [5.74, 6) is -0.475. The molecule has 25 heavy (non-hydrogen) atoms. The number of halogens is 1. The maximum absolute atomic E-state index is 13.6. The van der Waals surface area contributed by atoms with Gasteiger partial charge in [0, 0.05) is 0 Å². The Hall–Kier alpha value is -3.13. The highest BCUT2D eigenvalue weighted by Gasteiger charge is 2.11. The van der Waals surface area contributed by atoms with Gasteiger partial charge in [-0.1, -0.05) is 37.6 Å². The Labute approximate surface area is 146 Å². The molecule has 0 bridgehead atoms. The summed E-state index contributed by atoms with van der Waals surface area (Å²) < 4.78 is 19.2. The summed E-state index contributed by atoms with van der Waals surface area (Å²) in [5, 5.41) is 11.6. The predicted octanol–water partition coefficient (Wildman–Crippen LogP) is 4.55. The van der Waals surface area contributed by atoms with Gasteiger partial charge >= 0.3 is 0 Å². The Balaban J connectivity index is 2.07. The lowest BCUT2D eigenvalue weighted by atomic mass is 10.1. The van der Waals surface area contributed by atoms with E-state index in [2.05, 4.69) is 12.2 Å². The number of rotatable bonds is 7. The van der Waals surface area contributed by atoms with Gasteiger partial charge in [-0.05, 0) is 42.3 Å². The Kier molecular flexibility index (Phi) is 6.73. The number of nitriles is 1. The Bertz CT molecular complexity index is 792. The summed E-state index contributed by atoms with van der Waals surface area (Å²) in [7, 11) is 0. The average molecular weight is 338 g/mol. The fourth-order valence-corrected chi connectivity index (χ4v) is 2.06. The summed E-state index contributed by atoms with van der Waals surface area (Å²) in [4.78, 5) is 12.1. The second kappa shape index (κ2) is 9.24. The first-order valence-electron chi connectivity index (χ1n) is 8.04. The first-order chi connectivity index (χ1) is 12.1. The Morgan fingerprint density at radius 2 is 1.96 bits per heavy atom. The van der Waals surface area contributed by atoms with Gasteiger partial charge in [-0.25, -0.2) is 4.39 Å². The first-order valence-corrected chi connectivity index (χ1v) is 8.04. The van der Waals surface area contributed by atoms with Crippen LogP contribution in [0.3, 0.4) is 0 Å². The molecule has 0 heterocycles. The minimum absolute atomic E-state index is 0.0355. The number of amides is 1. The van der Waals surface area contributed by atoms with Gasteiger partial charge in [-0.15, -0.1) is 0 Å². The Morgan fingerprint density at radius 1 is 1.24 bits per heavy atom. The fourth-order valence-electron chi connectivity index (χ4n) is 2.06. The number of para-hydroxylation sites is 1. The number of hydrogen-bond donors (Lipinski definition) is 1. The molecule has 0 aliphatic heterocycles. The van der Waals surface area contributed by atoms with E-state index < -0.39 is 11.7 Å². The quantitative estimate of drug-likeness (QED) is 0.458. The van der Waals surface area contributed by atoms with Crippen LogP contribution < -0.4 is 10.1 Å². The van der Waals surface area contributed by atoms with Crippen molar-refractivity contribution in [3.05, 3.63) is 65.5 Å². The smallest absolute Gasteiger partial charge is 0.266 e. The molecular weight excluding hydrogens is 319 g/mol. The van der Waals surface area contributed by atoms with E-state index in [1.807, 2.05) is 6.07 Å². The summed E-state index contributed by atoms with van der Waals surface area (Å²) in [6.07, 6.45) is 3.49. The second-order valence-electron chi connectivity index (χ2n) is 5.37.